The predicted octanol–water partition coefficient (Wildman–Crippen LogP) is 9.48. The number of hydrogen-bond donors (Lipinski definition) is 0. The molecular formula is C40H56O4. The molecule has 6 rings (SSSR count). The molecule has 1 aromatic carbocycles. The van der Waals surface area contributed by atoms with E-state index >= 15 is 0 Å². The number of carbonyl (C=O) groups is 2. The number of rotatable bonds is 5. The Kier molecular flexibility index (Phi) is 7.61. The Balaban J connectivity index is 1.38. The van der Waals surface area contributed by atoms with Crippen LogP contribution in [-0.2, 0) is 14.3 Å². The lowest BCUT2D eigenvalue weighted by Gasteiger charge is -2.72. The van der Waals surface area contributed by atoms with Crippen molar-refractivity contribution in [1.82, 2.24) is 0 Å². The first-order valence-corrected chi connectivity index (χ1v) is 17.4. The van der Waals surface area contributed by atoms with Crippen LogP contribution in [0.15, 0.2) is 42.0 Å². The van der Waals surface area contributed by atoms with E-state index in [1.807, 2.05) is 19.1 Å². The van der Waals surface area contributed by atoms with Gasteiger partial charge in [-0.25, -0.2) is 0 Å². The number of benzene rings is 1. The molecule has 0 spiro atoms. The van der Waals surface area contributed by atoms with Crippen LogP contribution in [0.2, 0.25) is 0 Å². The molecule has 4 nitrogen and oxygen atoms in total. The summed E-state index contributed by atoms with van der Waals surface area (Å²) in [5.41, 5.74) is 2.86. The molecule has 0 N–H and O–H groups in total. The zero-order chi connectivity index (χ0) is 31.9. The maximum Gasteiger partial charge on any atom is 0.312 e. The molecule has 1 aromatic rings. The van der Waals surface area contributed by atoms with Crippen LogP contribution < -0.4 is 4.74 Å². The van der Waals surface area contributed by atoms with E-state index in [1.165, 1.54) is 12.0 Å². The Hall–Kier alpha value is -2.36. The highest BCUT2D eigenvalue weighted by atomic mass is 16.5. The zero-order valence-corrected chi connectivity index (χ0v) is 28.7. The van der Waals surface area contributed by atoms with Crippen LogP contribution in [0.3, 0.4) is 0 Å². The summed E-state index contributed by atoms with van der Waals surface area (Å²) in [6.07, 6.45) is 11.6. The molecular weight excluding hydrogens is 544 g/mol. The van der Waals surface area contributed by atoms with Crippen molar-refractivity contribution >= 4 is 17.8 Å². The van der Waals surface area contributed by atoms with Gasteiger partial charge in [-0.05, 0) is 147 Å². The van der Waals surface area contributed by atoms with Crippen molar-refractivity contribution in [2.45, 2.75) is 106 Å². The third kappa shape index (κ3) is 4.20. The Morgan fingerprint density at radius 3 is 2.27 bits per heavy atom. The van der Waals surface area contributed by atoms with E-state index < -0.39 is 5.41 Å². The highest BCUT2D eigenvalue weighted by Gasteiger charge is 2.72. The summed E-state index contributed by atoms with van der Waals surface area (Å²) in [4.78, 5) is 27.7. The molecule has 0 heterocycles. The van der Waals surface area contributed by atoms with Gasteiger partial charge in [-0.1, -0.05) is 58.9 Å². The van der Waals surface area contributed by atoms with Gasteiger partial charge in [0.05, 0.1) is 19.1 Å². The quantitative estimate of drug-likeness (QED) is 0.192. The van der Waals surface area contributed by atoms with Crippen molar-refractivity contribution in [3.05, 3.63) is 47.6 Å². The summed E-state index contributed by atoms with van der Waals surface area (Å²) >= 11 is 0. The van der Waals surface area contributed by atoms with Crippen molar-refractivity contribution in [2.24, 2.45) is 56.7 Å². The first-order valence-electron chi connectivity index (χ1n) is 17.4. The molecule has 0 unspecified atom stereocenters. The maximum atomic E-state index is 14.2. The number of carbonyl (C=O) groups excluding carboxylic acids is 2. The van der Waals surface area contributed by atoms with E-state index in [1.54, 1.807) is 7.11 Å². The van der Waals surface area contributed by atoms with Crippen molar-refractivity contribution in [3.8, 4) is 5.75 Å². The van der Waals surface area contributed by atoms with E-state index in [0.717, 1.165) is 68.3 Å². The van der Waals surface area contributed by atoms with Crippen LogP contribution in [0, 0.1) is 56.7 Å². The van der Waals surface area contributed by atoms with Gasteiger partial charge in [-0.3, -0.25) is 9.59 Å². The minimum atomic E-state index is -0.397. The zero-order valence-electron chi connectivity index (χ0n) is 28.7. The first-order chi connectivity index (χ1) is 20.7. The molecule has 0 aliphatic heterocycles. The smallest absolute Gasteiger partial charge is 0.312 e. The number of allylic oxidation sites excluding steroid dienone is 2. The summed E-state index contributed by atoms with van der Waals surface area (Å²) in [6.45, 7) is 21.5. The lowest BCUT2D eigenvalue weighted by atomic mass is 9.32. The van der Waals surface area contributed by atoms with Crippen LogP contribution in [0.1, 0.15) is 112 Å². The number of Topliss-reactive ketones (excluding diaryl/α,β-unsaturated/α-hetero) is 1. The Morgan fingerprint density at radius 1 is 0.932 bits per heavy atom. The minimum Gasteiger partial charge on any atom is -0.494 e. The largest absolute Gasteiger partial charge is 0.494 e. The predicted molar refractivity (Wildman–Crippen MR) is 177 cm³/mol. The molecule has 0 bridgehead atoms. The van der Waals surface area contributed by atoms with Gasteiger partial charge in [-0.15, -0.1) is 0 Å². The molecule has 240 valence electrons. The molecule has 5 fully saturated rings. The molecule has 5 aliphatic carbocycles. The summed E-state index contributed by atoms with van der Waals surface area (Å²) in [5.74, 6) is 3.30. The van der Waals surface area contributed by atoms with Gasteiger partial charge < -0.3 is 9.47 Å². The topological polar surface area (TPSA) is 52.6 Å². The fraction of sp³-hybridized carbons (Fsp3) is 0.700. The lowest BCUT2D eigenvalue weighted by Crippen LogP contribution is -2.67. The number of methoxy groups -OCH3 is 1. The van der Waals surface area contributed by atoms with Gasteiger partial charge in [0.15, 0.2) is 5.78 Å². The Labute approximate surface area is 266 Å². The molecule has 0 aromatic heterocycles. The molecule has 5 saturated carbocycles. The normalized spacial score (nSPS) is 43.3. The monoisotopic (exact) mass is 600 g/mol. The maximum absolute atomic E-state index is 14.2. The number of ether oxygens (including phenoxy) is 2. The van der Waals surface area contributed by atoms with E-state index in [2.05, 4.69) is 66.3 Å². The number of hydrogen-bond acceptors (Lipinski definition) is 4. The third-order valence-electron chi connectivity index (χ3n) is 14.8. The second-order valence-corrected chi connectivity index (χ2v) is 16.7. The van der Waals surface area contributed by atoms with Crippen LogP contribution >= 0.6 is 0 Å². The van der Waals surface area contributed by atoms with Crippen LogP contribution in [0.5, 0.6) is 5.75 Å². The van der Waals surface area contributed by atoms with E-state index in [0.29, 0.717) is 42.0 Å². The standard InChI is InChI=1S/C40H56O4/c1-10-44-28-13-11-26(12-14-28)23-27-24-37(6)31(36(4,5)34(27)41)18-19-39(8)32(37)16-15-30-33-29(25(2)3)17-20-40(33,35(42)43-9)22-21-38(30,39)7/h11-14,23,29-33H,2,10,15-22,24H2,1,3-9H3/b27-23+/t29-,30-,31-,32+,33-,37+,38-,39+,40+/m1/s1. The van der Waals surface area contributed by atoms with E-state index in [-0.39, 0.29) is 27.6 Å². The molecule has 0 radical (unpaired) electrons. The molecule has 9 atom stereocenters. The summed E-state index contributed by atoms with van der Waals surface area (Å²) in [6, 6.07) is 8.19. The minimum absolute atomic E-state index is 0.0212. The summed E-state index contributed by atoms with van der Waals surface area (Å²) in [7, 11) is 1.58. The molecule has 0 saturated heterocycles. The summed E-state index contributed by atoms with van der Waals surface area (Å²) in [5, 5.41) is 0. The second-order valence-electron chi connectivity index (χ2n) is 16.7. The Morgan fingerprint density at radius 2 is 1.64 bits per heavy atom. The van der Waals surface area contributed by atoms with Gasteiger partial charge in [0.1, 0.15) is 5.75 Å². The van der Waals surface area contributed by atoms with Gasteiger partial charge in [0, 0.05) is 5.41 Å². The lowest BCUT2D eigenvalue weighted by molar-refractivity contribution is -0.232. The average molecular weight is 601 g/mol. The molecule has 44 heavy (non-hydrogen) atoms. The highest BCUT2D eigenvalue weighted by molar-refractivity contribution is 6.04. The third-order valence-corrected chi connectivity index (χ3v) is 14.8. The van der Waals surface area contributed by atoms with E-state index in [4.69, 9.17) is 9.47 Å². The fourth-order valence-corrected chi connectivity index (χ4v) is 12.7. The second kappa shape index (κ2) is 10.6. The van der Waals surface area contributed by atoms with Crippen molar-refractivity contribution in [3.63, 3.8) is 0 Å². The van der Waals surface area contributed by atoms with Crippen LogP contribution in [0.4, 0.5) is 0 Å². The van der Waals surface area contributed by atoms with Crippen molar-refractivity contribution < 1.29 is 19.1 Å². The average Bonchev–Trinajstić information content (AvgIpc) is 3.38. The Bertz CT molecular complexity index is 1370. The number of ketones is 1. The first kappa shape index (κ1) is 31.6. The van der Waals surface area contributed by atoms with Gasteiger partial charge >= 0.3 is 5.97 Å². The van der Waals surface area contributed by atoms with Gasteiger partial charge in [0.2, 0.25) is 0 Å². The molecule has 0 amide bonds. The van der Waals surface area contributed by atoms with E-state index in [9.17, 15) is 9.59 Å². The fourth-order valence-electron chi connectivity index (χ4n) is 12.7. The summed E-state index contributed by atoms with van der Waals surface area (Å²) < 4.78 is 11.2. The SMILES string of the molecule is C=C(C)[C@H]1CC[C@]2(C(=O)OC)CC[C@]3(C)[C@H](CC[C@H]4[C@@]5(C)C/C(=C\c6ccc(OCC)cc6)C(=O)C(C)(C)[C@H]5CC[C@@]43C)[C@@H]12. The number of fused-ring (bicyclic) bond motifs is 7. The van der Waals surface area contributed by atoms with Crippen LogP contribution in [-0.4, -0.2) is 25.5 Å². The van der Waals surface area contributed by atoms with Crippen molar-refractivity contribution in [2.75, 3.05) is 13.7 Å². The molecule has 5 aliphatic rings. The molecule has 4 heteroatoms. The van der Waals surface area contributed by atoms with Crippen LogP contribution in [0.25, 0.3) is 6.08 Å². The van der Waals surface area contributed by atoms with Gasteiger partial charge in [-0.2, -0.15) is 0 Å². The number of esters is 1. The van der Waals surface area contributed by atoms with Gasteiger partial charge in [0.25, 0.3) is 0 Å². The highest BCUT2D eigenvalue weighted by Crippen LogP contribution is 2.77. The van der Waals surface area contributed by atoms with Crippen molar-refractivity contribution in [1.29, 1.82) is 0 Å².